The number of halogens is 1. The Bertz CT molecular complexity index is 1060. The van der Waals surface area contributed by atoms with Gasteiger partial charge in [-0.1, -0.05) is 41.9 Å². The molecule has 0 amide bonds. The molecule has 1 aromatic heterocycles. The Kier molecular flexibility index (Phi) is 8.38. The first-order valence-electron chi connectivity index (χ1n) is 9.71. The molecule has 0 aliphatic carbocycles. The summed E-state index contributed by atoms with van der Waals surface area (Å²) < 4.78 is 10.4. The number of methoxy groups -OCH3 is 1. The van der Waals surface area contributed by atoms with Gasteiger partial charge in [0.05, 0.1) is 25.6 Å². The third kappa shape index (κ3) is 6.77. The van der Waals surface area contributed by atoms with Crippen molar-refractivity contribution >= 4 is 46.8 Å². The van der Waals surface area contributed by atoms with Crippen molar-refractivity contribution in [1.82, 2.24) is 4.98 Å². The molecule has 0 fully saturated rings. The summed E-state index contributed by atoms with van der Waals surface area (Å²) in [4.78, 5) is 17.0. The predicted octanol–water partition coefficient (Wildman–Crippen LogP) is 6.36. The van der Waals surface area contributed by atoms with E-state index in [-0.39, 0.29) is 5.97 Å². The van der Waals surface area contributed by atoms with Crippen molar-refractivity contribution < 1.29 is 14.3 Å². The van der Waals surface area contributed by atoms with Gasteiger partial charge in [-0.2, -0.15) is 0 Å². The summed E-state index contributed by atoms with van der Waals surface area (Å²) in [7, 11) is 1.57. The number of esters is 1. The molecule has 0 aliphatic rings. The van der Waals surface area contributed by atoms with Crippen LogP contribution >= 0.6 is 23.4 Å². The van der Waals surface area contributed by atoms with Crippen molar-refractivity contribution in [3.05, 3.63) is 83.2 Å². The van der Waals surface area contributed by atoms with Crippen LogP contribution in [-0.4, -0.2) is 24.7 Å². The first kappa shape index (κ1) is 22.7. The van der Waals surface area contributed by atoms with E-state index in [2.05, 4.69) is 22.4 Å². The highest BCUT2D eigenvalue weighted by Crippen LogP contribution is 2.33. The lowest BCUT2D eigenvalue weighted by Crippen LogP contribution is -2.00. The number of hydrogen-bond donors (Lipinski definition) is 1. The fourth-order valence-corrected chi connectivity index (χ4v) is 3.85. The van der Waals surface area contributed by atoms with Gasteiger partial charge in [0, 0.05) is 28.5 Å². The summed E-state index contributed by atoms with van der Waals surface area (Å²) >= 11 is 7.78. The van der Waals surface area contributed by atoms with Crippen LogP contribution in [0.5, 0.6) is 5.75 Å². The molecular formula is C24H23ClN2O3S. The fourth-order valence-electron chi connectivity index (χ4n) is 2.79. The molecule has 0 saturated heterocycles. The molecule has 5 nitrogen and oxygen atoms in total. The van der Waals surface area contributed by atoms with Gasteiger partial charge in [0.15, 0.2) is 5.75 Å². The molecule has 0 bridgehead atoms. The van der Waals surface area contributed by atoms with Gasteiger partial charge in [-0.25, -0.2) is 9.78 Å². The Balaban J connectivity index is 1.88. The Morgan fingerprint density at radius 1 is 1.16 bits per heavy atom. The van der Waals surface area contributed by atoms with Crippen molar-refractivity contribution in [3.8, 4) is 5.75 Å². The monoisotopic (exact) mass is 454 g/mol. The Hall–Kier alpha value is -2.96. The zero-order chi connectivity index (χ0) is 22.1. The number of carbonyl (C=O) groups is 1. The van der Waals surface area contributed by atoms with E-state index in [0.29, 0.717) is 23.2 Å². The Morgan fingerprint density at radius 3 is 2.71 bits per heavy atom. The molecule has 0 saturated carbocycles. The number of nitrogens with zero attached hydrogens (tertiary/aromatic N) is 1. The molecule has 3 rings (SSSR count). The van der Waals surface area contributed by atoms with E-state index in [4.69, 9.17) is 21.1 Å². The van der Waals surface area contributed by atoms with Crippen LogP contribution in [0.15, 0.2) is 71.8 Å². The number of carbonyl (C=O) groups excluding carboxylic acids is 1. The van der Waals surface area contributed by atoms with Gasteiger partial charge < -0.3 is 14.8 Å². The number of hydrogen-bond acceptors (Lipinski definition) is 6. The van der Waals surface area contributed by atoms with Gasteiger partial charge in [0.1, 0.15) is 5.15 Å². The highest BCUT2D eigenvalue weighted by molar-refractivity contribution is 7.98. The van der Waals surface area contributed by atoms with E-state index in [1.165, 1.54) is 11.6 Å². The molecule has 1 N–H and O–H groups in total. The first-order chi connectivity index (χ1) is 15.1. The van der Waals surface area contributed by atoms with E-state index in [1.54, 1.807) is 44.1 Å². The normalized spacial score (nSPS) is 10.8. The minimum atomic E-state index is -0.389. The maximum absolute atomic E-state index is 11.8. The van der Waals surface area contributed by atoms with Crippen molar-refractivity contribution in [2.75, 3.05) is 19.0 Å². The van der Waals surface area contributed by atoms with Gasteiger partial charge >= 0.3 is 5.97 Å². The first-order valence-corrected chi connectivity index (χ1v) is 11.1. The summed E-state index contributed by atoms with van der Waals surface area (Å²) in [5, 5.41) is 3.68. The number of nitrogens with one attached hydrogen (secondary N) is 1. The number of thioether (sulfide) groups is 1. The summed E-state index contributed by atoms with van der Waals surface area (Å²) in [5.74, 6) is 1.02. The molecule has 0 spiro atoms. The van der Waals surface area contributed by atoms with Crippen molar-refractivity contribution in [3.63, 3.8) is 0 Å². The lowest BCUT2D eigenvalue weighted by atomic mass is 10.1. The number of benzene rings is 2. The molecule has 0 atom stereocenters. The predicted molar refractivity (Wildman–Crippen MR) is 127 cm³/mol. The van der Waals surface area contributed by atoms with Crippen LogP contribution in [0.3, 0.4) is 0 Å². The molecule has 2 aromatic carbocycles. The molecule has 0 radical (unpaired) electrons. The molecule has 160 valence electrons. The average molecular weight is 455 g/mol. The van der Waals surface area contributed by atoms with Crippen LogP contribution in [-0.2, 0) is 15.3 Å². The Morgan fingerprint density at radius 2 is 1.97 bits per heavy atom. The number of rotatable bonds is 9. The number of anilines is 2. The van der Waals surface area contributed by atoms with E-state index in [0.717, 1.165) is 21.9 Å². The molecule has 3 aromatic rings. The van der Waals surface area contributed by atoms with Crippen LogP contribution in [0.1, 0.15) is 18.1 Å². The molecule has 7 heteroatoms. The zero-order valence-corrected chi connectivity index (χ0v) is 18.9. The van der Waals surface area contributed by atoms with Crippen LogP contribution in [0.4, 0.5) is 11.4 Å². The van der Waals surface area contributed by atoms with Crippen LogP contribution in [0.25, 0.3) is 6.08 Å². The smallest absolute Gasteiger partial charge is 0.330 e. The third-order valence-electron chi connectivity index (χ3n) is 4.28. The van der Waals surface area contributed by atoms with Gasteiger partial charge in [-0.15, -0.1) is 11.8 Å². The summed E-state index contributed by atoms with van der Waals surface area (Å²) in [6.07, 6.45) is 4.72. The summed E-state index contributed by atoms with van der Waals surface area (Å²) in [5.41, 5.74) is 3.55. The average Bonchev–Trinajstić information content (AvgIpc) is 2.78. The second-order valence-corrected chi connectivity index (χ2v) is 7.88. The third-order valence-corrected chi connectivity index (χ3v) is 5.55. The Labute approximate surface area is 191 Å². The quantitative estimate of drug-likeness (QED) is 0.176. The largest absolute Gasteiger partial charge is 0.493 e. The van der Waals surface area contributed by atoms with E-state index >= 15 is 0 Å². The number of ether oxygens (including phenoxy) is 2. The lowest BCUT2D eigenvalue weighted by molar-refractivity contribution is -0.137. The van der Waals surface area contributed by atoms with Gasteiger partial charge in [-0.05, 0) is 42.3 Å². The van der Waals surface area contributed by atoms with Crippen molar-refractivity contribution in [1.29, 1.82) is 0 Å². The lowest BCUT2D eigenvalue weighted by Gasteiger charge is -2.14. The fraction of sp³-hybridized carbons (Fsp3) is 0.167. The molecular weight excluding hydrogens is 432 g/mol. The van der Waals surface area contributed by atoms with Gasteiger partial charge in [0.25, 0.3) is 0 Å². The molecule has 0 unspecified atom stereocenters. The van der Waals surface area contributed by atoms with Crippen LogP contribution in [0, 0.1) is 0 Å². The highest BCUT2D eigenvalue weighted by Gasteiger charge is 2.09. The maximum Gasteiger partial charge on any atom is 0.330 e. The zero-order valence-electron chi connectivity index (χ0n) is 17.3. The summed E-state index contributed by atoms with van der Waals surface area (Å²) in [6, 6.07) is 18.0. The minimum Gasteiger partial charge on any atom is -0.493 e. The van der Waals surface area contributed by atoms with E-state index in [9.17, 15) is 4.79 Å². The SMILES string of the molecule is CCOC(=O)/C=C/c1cc(SCc2ccccc2)ccc1Nc1cc(Cl)ncc1OC. The molecule has 31 heavy (non-hydrogen) atoms. The van der Waals surface area contributed by atoms with Gasteiger partial charge in [-0.3, -0.25) is 0 Å². The second kappa shape index (κ2) is 11.4. The minimum absolute atomic E-state index is 0.327. The molecule has 1 heterocycles. The van der Waals surface area contributed by atoms with E-state index in [1.807, 2.05) is 36.4 Å². The van der Waals surface area contributed by atoms with Crippen LogP contribution in [0.2, 0.25) is 5.15 Å². The number of aromatic nitrogens is 1. The van der Waals surface area contributed by atoms with Gasteiger partial charge in [0.2, 0.25) is 0 Å². The topological polar surface area (TPSA) is 60.5 Å². The molecule has 0 aliphatic heterocycles. The standard InChI is InChI=1S/C24H23ClN2O3S/c1-3-30-24(28)12-9-18-13-19(31-16-17-7-5-4-6-8-17)10-11-20(18)27-21-14-23(25)26-15-22(21)29-2/h4-15H,3,16H2,1-2H3,(H,26,27)/b12-9+. The van der Waals surface area contributed by atoms with Crippen LogP contribution < -0.4 is 10.1 Å². The van der Waals surface area contributed by atoms with Crippen molar-refractivity contribution in [2.24, 2.45) is 0 Å². The van der Waals surface area contributed by atoms with E-state index < -0.39 is 0 Å². The second-order valence-electron chi connectivity index (χ2n) is 6.44. The maximum atomic E-state index is 11.8. The van der Waals surface area contributed by atoms with Crippen molar-refractivity contribution in [2.45, 2.75) is 17.6 Å². The summed E-state index contributed by atoms with van der Waals surface area (Å²) in [6.45, 7) is 2.10. The number of pyridine rings is 1. The highest BCUT2D eigenvalue weighted by atomic mass is 35.5.